The van der Waals surface area contributed by atoms with E-state index in [1.165, 1.54) is 0 Å². The molecule has 7 nitrogen and oxygen atoms in total. The molecule has 0 saturated heterocycles. The Labute approximate surface area is 209 Å². The highest BCUT2D eigenvalue weighted by molar-refractivity contribution is 7.89. The lowest BCUT2D eigenvalue weighted by Gasteiger charge is -2.27. The molecule has 1 aliphatic heterocycles. The van der Waals surface area contributed by atoms with Crippen molar-refractivity contribution < 1.29 is 13.2 Å². The highest BCUT2D eigenvalue weighted by atomic mass is 32.2. The third-order valence-corrected chi connectivity index (χ3v) is 8.52. The topological polar surface area (TPSA) is 107 Å². The fourth-order valence-corrected chi connectivity index (χ4v) is 6.50. The van der Waals surface area contributed by atoms with Crippen LogP contribution in [-0.4, -0.2) is 36.9 Å². The zero-order valence-electron chi connectivity index (χ0n) is 19.9. The first-order valence-electron chi connectivity index (χ1n) is 11.9. The zero-order chi connectivity index (χ0) is 25.0. The minimum atomic E-state index is -3.86. The van der Waals surface area contributed by atoms with Crippen molar-refractivity contribution in [2.45, 2.75) is 30.7 Å². The number of aryl methyl sites for hydroxylation is 2. The van der Waals surface area contributed by atoms with E-state index in [1.54, 1.807) is 24.3 Å². The summed E-state index contributed by atoms with van der Waals surface area (Å²) in [4.78, 5) is 20.0. The molecule has 0 fully saturated rings. The molecule has 5 aromatic rings. The number of fused-ring (bicyclic) bond motifs is 4. The molecule has 0 spiro atoms. The number of amides is 1. The third kappa shape index (κ3) is 3.70. The molecule has 36 heavy (non-hydrogen) atoms. The Bertz CT molecular complexity index is 1730. The average molecular weight is 499 g/mol. The molecule has 2 aromatic heterocycles. The minimum absolute atomic E-state index is 0.143. The lowest BCUT2D eigenvalue weighted by Crippen LogP contribution is -2.45. The summed E-state index contributed by atoms with van der Waals surface area (Å²) in [5.41, 5.74) is 6.06. The normalized spacial score (nSPS) is 18.2. The molecule has 8 heteroatoms. The molecule has 3 aromatic carbocycles. The van der Waals surface area contributed by atoms with Gasteiger partial charge in [-0.05, 0) is 55.3 Å². The molecular weight excluding hydrogens is 472 g/mol. The van der Waals surface area contributed by atoms with Crippen LogP contribution in [0.25, 0.3) is 21.8 Å². The highest BCUT2D eigenvalue weighted by Crippen LogP contribution is 2.40. The summed E-state index contributed by atoms with van der Waals surface area (Å²) in [7, 11) is -3.86. The lowest BCUT2D eigenvalue weighted by molar-refractivity contribution is 0.0950. The number of H-pyrrole nitrogens is 2. The van der Waals surface area contributed by atoms with Gasteiger partial charge in [-0.3, -0.25) is 4.79 Å². The summed E-state index contributed by atoms with van der Waals surface area (Å²) in [5.74, 6) is -0.676. The number of carbonyl (C=O) groups is 1. The van der Waals surface area contributed by atoms with E-state index in [4.69, 9.17) is 0 Å². The molecule has 0 aliphatic carbocycles. The van der Waals surface area contributed by atoms with Crippen LogP contribution in [0.5, 0.6) is 0 Å². The van der Waals surface area contributed by atoms with Crippen molar-refractivity contribution in [1.82, 2.24) is 20.0 Å². The van der Waals surface area contributed by atoms with E-state index in [0.717, 1.165) is 44.1 Å². The van der Waals surface area contributed by atoms with Crippen molar-refractivity contribution in [2.24, 2.45) is 0 Å². The van der Waals surface area contributed by atoms with Crippen molar-refractivity contribution in [3.8, 4) is 0 Å². The van der Waals surface area contributed by atoms with Gasteiger partial charge in [-0.25, -0.2) is 13.1 Å². The Morgan fingerprint density at radius 2 is 1.64 bits per heavy atom. The largest absolute Gasteiger partial charge is 0.361 e. The summed E-state index contributed by atoms with van der Waals surface area (Å²) < 4.78 is 30.0. The molecule has 0 radical (unpaired) electrons. The second-order valence-corrected chi connectivity index (χ2v) is 11.2. The third-order valence-electron chi connectivity index (χ3n) is 7.01. The number of aromatic nitrogens is 2. The molecule has 0 unspecified atom stereocenters. The molecule has 0 saturated carbocycles. The molecule has 1 amide bonds. The first-order valence-corrected chi connectivity index (χ1v) is 13.4. The number of nitrogens with one attached hydrogen (secondary N) is 4. The van der Waals surface area contributed by atoms with E-state index in [2.05, 4.69) is 26.1 Å². The van der Waals surface area contributed by atoms with Crippen LogP contribution in [0.15, 0.2) is 77.8 Å². The number of aromatic amines is 2. The Kier molecular flexibility index (Phi) is 5.24. The van der Waals surface area contributed by atoms with Crippen LogP contribution in [0.3, 0.4) is 0 Å². The quantitative estimate of drug-likeness (QED) is 0.293. The Hall–Kier alpha value is -3.88. The van der Waals surface area contributed by atoms with Gasteiger partial charge in [-0.1, -0.05) is 47.5 Å². The van der Waals surface area contributed by atoms with Crippen LogP contribution in [-0.2, 0) is 10.0 Å². The van der Waals surface area contributed by atoms with Crippen LogP contribution in [0.1, 0.15) is 38.7 Å². The summed E-state index contributed by atoms with van der Waals surface area (Å²) in [5, 5.41) is 4.84. The van der Waals surface area contributed by atoms with Crippen molar-refractivity contribution >= 4 is 37.7 Å². The molecule has 182 valence electrons. The molecule has 1 aliphatic rings. The smallest absolute Gasteiger partial charge is 0.268 e. The van der Waals surface area contributed by atoms with Gasteiger partial charge in [0.05, 0.1) is 10.9 Å². The molecule has 4 N–H and O–H groups in total. The number of sulfonamides is 1. The van der Waals surface area contributed by atoms with Gasteiger partial charge in [0, 0.05) is 40.5 Å². The van der Waals surface area contributed by atoms with E-state index in [0.29, 0.717) is 5.69 Å². The van der Waals surface area contributed by atoms with Gasteiger partial charge in [0.1, 0.15) is 5.69 Å². The monoisotopic (exact) mass is 498 g/mol. The lowest BCUT2D eigenvalue weighted by atomic mass is 9.84. The van der Waals surface area contributed by atoms with E-state index >= 15 is 0 Å². The van der Waals surface area contributed by atoms with Gasteiger partial charge in [0.25, 0.3) is 5.91 Å². The van der Waals surface area contributed by atoms with Gasteiger partial charge in [-0.2, -0.15) is 0 Å². The molecule has 3 heterocycles. The van der Waals surface area contributed by atoms with E-state index < -0.39 is 22.0 Å². The van der Waals surface area contributed by atoms with Gasteiger partial charge < -0.3 is 15.3 Å². The number of para-hydroxylation sites is 1. The zero-order valence-corrected chi connectivity index (χ0v) is 20.7. The van der Waals surface area contributed by atoms with Crippen molar-refractivity contribution in [3.63, 3.8) is 0 Å². The minimum Gasteiger partial charge on any atom is -0.361 e. The summed E-state index contributed by atoms with van der Waals surface area (Å²) in [6.07, 6.45) is 1.93. The summed E-state index contributed by atoms with van der Waals surface area (Å²) >= 11 is 0. The predicted molar refractivity (Wildman–Crippen MR) is 141 cm³/mol. The Morgan fingerprint density at radius 3 is 2.44 bits per heavy atom. The Morgan fingerprint density at radius 1 is 0.889 bits per heavy atom. The predicted octanol–water partition coefficient (Wildman–Crippen LogP) is 4.49. The molecular formula is C28H26N4O3S. The highest BCUT2D eigenvalue weighted by Gasteiger charge is 2.38. The van der Waals surface area contributed by atoms with Gasteiger partial charge in [0.15, 0.2) is 0 Å². The standard InChI is InChI=1S/C28H26N4O3S/c1-16-7-10-18(11-8-16)36(34,35)32-24-15-30-28(33)27-26(19-5-3-4-6-23(19)31-27)25(24)21-14-29-22-12-9-17(2)13-20(21)22/h3-14,24-25,29,31-32H,15H2,1-2H3,(H,30,33)/t24-,25+/m1/s1. The van der Waals surface area contributed by atoms with Gasteiger partial charge in [0.2, 0.25) is 10.0 Å². The number of rotatable bonds is 4. The SMILES string of the molecule is Cc1ccc(S(=O)(=O)N[C@@H]2CNC(=O)c3[nH]c4ccccc4c3[C@H]2c2c[nH]c3ccc(C)cc23)cc1. The van der Waals surface area contributed by atoms with Gasteiger partial charge >= 0.3 is 0 Å². The van der Waals surface area contributed by atoms with Crippen LogP contribution >= 0.6 is 0 Å². The number of carbonyl (C=O) groups excluding carboxylic acids is 1. The number of benzene rings is 3. The van der Waals surface area contributed by atoms with Gasteiger partial charge in [-0.15, -0.1) is 0 Å². The maximum atomic E-state index is 13.5. The fourth-order valence-electron chi connectivity index (χ4n) is 5.26. The number of hydrogen-bond donors (Lipinski definition) is 4. The summed E-state index contributed by atoms with van der Waals surface area (Å²) in [6.45, 7) is 4.09. The maximum Gasteiger partial charge on any atom is 0.268 e. The van der Waals surface area contributed by atoms with E-state index in [9.17, 15) is 13.2 Å². The van der Waals surface area contributed by atoms with Crippen LogP contribution < -0.4 is 10.0 Å². The Balaban J connectivity index is 1.57. The van der Waals surface area contributed by atoms with Crippen LogP contribution in [0.2, 0.25) is 0 Å². The molecule has 0 bridgehead atoms. The van der Waals surface area contributed by atoms with Crippen molar-refractivity contribution in [2.75, 3.05) is 6.54 Å². The van der Waals surface area contributed by atoms with Crippen LogP contribution in [0.4, 0.5) is 0 Å². The first kappa shape index (κ1) is 22.6. The number of hydrogen-bond acceptors (Lipinski definition) is 3. The summed E-state index contributed by atoms with van der Waals surface area (Å²) in [6, 6.07) is 20.1. The molecule has 2 atom stereocenters. The second kappa shape index (κ2) is 8.36. The van der Waals surface area contributed by atoms with Crippen molar-refractivity contribution in [1.29, 1.82) is 0 Å². The molecule has 6 rings (SSSR count). The fraction of sp³-hybridized carbons (Fsp3) is 0.179. The second-order valence-electron chi connectivity index (χ2n) is 9.48. The van der Waals surface area contributed by atoms with E-state index in [-0.39, 0.29) is 17.3 Å². The van der Waals surface area contributed by atoms with Crippen LogP contribution in [0, 0.1) is 13.8 Å². The van der Waals surface area contributed by atoms with E-state index in [1.807, 2.05) is 56.4 Å². The maximum absolute atomic E-state index is 13.5. The van der Waals surface area contributed by atoms with Crippen molar-refractivity contribution in [3.05, 3.63) is 101 Å². The average Bonchev–Trinajstić information content (AvgIpc) is 3.41. The first-order chi connectivity index (χ1) is 17.3.